The van der Waals surface area contributed by atoms with E-state index in [1.807, 2.05) is 61.5 Å². The van der Waals surface area contributed by atoms with Crippen LogP contribution in [0, 0.1) is 6.92 Å². The van der Waals surface area contributed by atoms with Crippen LogP contribution in [-0.2, 0) is 16.1 Å². The van der Waals surface area contributed by atoms with E-state index in [2.05, 4.69) is 10.6 Å². The smallest absolute Gasteiger partial charge is 0.317 e. The molecule has 178 valence electrons. The number of nitrogens with one attached hydrogen (secondary N) is 2. The maximum atomic E-state index is 12.6. The highest BCUT2D eigenvalue weighted by Crippen LogP contribution is 2.31. The highest BCUT2D eigenvalue weighted by molar-refractivity contribution is 8.18. The van der Waals surface area contributed by atoms with Crippen LogP contribution in [0.25, 0.3) is 6.08 Å². The minimum atomic E-state index is -0.362. The third-order valence-corrected chi connectivity index (χ3v) is 6.05. The molecule has 1 aliphatic heterocycles. The average Bonchev–Trinajstić information content (AvgIpc) is 3.08. The van der Waals surface area contributed by atoms with Gasteiger partial charge in [-0.15, -0.1) is 0 Å². The van der Waals surface area contributed by atoms with E-state index < -0.39 is 0 Å². The number of benzene rings is 2. The van der Waals surface area contributed by atoms with Crippen LogP contribution in [0.3, 0.4) is 0 Å². The molecule has 1 heterocycles. The summed E-state index contributed by atoms with van der Waals surface area (Å²) >= 11 is 0.894. The summed E-state index contributed by atoms with van der Waals surface area (Å²) in [5, 5.41) is 5.04. The Morgan fingerprint density at radius 1 is 1.00 bits per heavy atom. The molecule has 0 spiro atoms. The van der Waals surface area contributed by atoms with Gasteiger partial charge in [-0.2, -0.15) is 0 Å². The summed E-state index contributed by atoms with van der Waals surface area (Å²) in [6, 6.07) is 17.0. The maximum Gasteiger partial charge on any atom is 0.317 e. The highest BCUT2D eigenvalue weighted by atomic mass is 32.2. The van der Waals surface area contributed by atoms with E-state index in [9.17, 15) is 19.2 Å². The van der Waals surface area contributed by atoms with Gasteiger partial charge in [0, 0.05) is 39.6 Å². The number of carbonyl (C=O) groups excluding carboxylic acids is 4. The fraction of sp³-hybridized carbons (Fsp3) is 0.280. The first kappa shape index (κ1) is 25.0. The maximum absolute atomic E-state index is 12.6. The Kier molecular flexibility index (Phi) is 8.86. The van der Waals surface area contributed by atoms with Gasteiger partial charge in [0.25, 0.3) is 11.1 Å². The lowest BCUT2D eigenvalue weighted by atomic mass is 10.1. The largest absolute Gasteiger partial charge is 0.354 e. The lowest BCUT2D eigenvalue weighted by molar-refractivity contribution is -0.124. The van der Waals surface area contributed by atoms with Crippen LogP contribution in [-0.4, -0.2) is 59.6 Å². The molecule has 2 aromatic rings. The molecular weight excluding hydrogens is 452 g/mol. The zero-order valence-corrected chi connectivity index (χ0v) is 20.1. The van der Waals surface area contributed by atoms with Crippen molar-refractivity contribution in [2.75, 3.05) is 26.7 Å². The molecule has 1 aliphatic rings. The predicted molar refractivity (Wildman–Crippen MR) is 133 cm³/mol. The van der Waals surface area contributed by atoms with Crippen molar-refractivity contribution in [1.82, 2.24) is 20.4 Å². The number of urea groups is 1. The summed E-state index contributed by atoms with van der Waals surface area (Å²) in [6.45, 7) is 2.87. The lowest BCUT2D eigenvalue weighted by Gasteiger charge is -2.18. The third kappa shape index (κ3) is 7.21. The second-order valence-corrected chi connectivity index (χ2v) is 8.91. The topological polar surface area (TPSA) is 98.8 Å². The molecule has 3 rings (SSSR count). The number of amides is 5. The van der Waals surface area contributed by atoms with Gasteiger partial charge in [-0.1, -0.05) is 60.2 Å². The minimum Gasteiger partial charge on any atom is -0.354 e. The minimum absolute atomic E-state index is 0.0911. The van der Waals surface area contributed by atoms with Crippen molar-refractivity contribution in [2.24, 2.45) is 0 Å². The number of nitrogens with zero attached hydrogens (tertiary/aromatic N) is 2. The molecule has 0 aliphatic carbocycles. The molecule has 0 saturated carbocycles. The van der Waals surface area contributed by atoms with Crippen LogP contribution in [0.2, 0.25) is 0 Å². The van der Waals surface area contributed by atoms with Gasteiger partial charge < -0.3 is 15.5 Å². The van der Waals surface area contributed by atoms with Gasteiger partial charge in [0.2, 0.25) is 5.91 Å². The van der Waals surface area contributed by atoms with E-state index in [1.165, 1.54) is 4.90 Å². The van der Waals surface area contributed by atoms with Crippen molar-refractivity contribution in [3.05, 3.63) is 76.2 Å². The number of hydrogen-bond donors (Lipinski definition) is 2. The molecule has 0 aromatic heterocycles. The monoisotopic (exact) mass is 480 g/mol. The number of thioether (sulfide) groups is 1. The van der Waals surface area contributed by atoms with E-state index in [0.717, 1.165) is 33.4 Å². The van der Waals surface area contributed by atoms with Crippen molar-refractivity contribution in [3.8, 4) is 0 Å². The molecule has 0 atom stereocenters. The van der Waals surface area contributed by atoms with Crippen molar-refractivity contribution < 1.29 is 19.2 Å². The van der Waals surface area contributed by atoms with Crippen molar-refractivity contribution >= 4 is 40.9 Å². The summed E-state index contributed by atoms with van der Waals surface area (Å²) < 4.78 is 0. The zero-order valence-electron chi connectivity index (χ0n) is 19.2. The molecule has 8 nitrogen and oxygen atoms in total. The third-order valence-electron chi connectivity index (χ3n) is 5.14. The summed E-state index contributed by atoms with van der Waals surface area (Å²) in [7, 11) is 1.69. The standard InChI is InChI=1S/C25H28N4O4S/c1-18-8-10-19(11-9-18)16-21-23(31)29(25(33)34-21)15-14-26-22(30)12-13-27-24(32)28(2)17-20-6-4-3-5-7-20/h3-11,16H,12-15,17H2,1-2H3,(H,26,30)(H,27,32)/b21-16+. The molecule has 0 unspecified atom stereocenters. The molecule has 1 saturated heterocycles. The summed E-state index contributed by atoms with van der Waals surface area (Å²) in [5.74, 6) is -0.633. The van der Waals surface area contributed by atoms with E-state index in [4.69, 9.17) is 0 Å². The van der Waals surface area contributed by atoms with Crippen LogP contribution in [0.5, 0.6) is 0 Å². The first-order chi connectivity index (χ1) is 16.3. The summed E-state index contributed by atoms with van der Waals surface area (Å²) in [4.78, 5) is 52.0. The first-order valence-electron chi connectivity index (χ1n) is 10.9. The zero-order chi connectivity index (χ0) is 24.5. The van der Waals surface area contributed by atoms with Gasteiger partial charge in [0.1, 0.15) is 0 Å². The summed E-state index contributed by atoms with van der Waals surface area (Å²) in [5.41, 5.74) is 2.97. The first-order valence-corrected chi connectivity index (χ1v) is 11.8. The van der Waals surface area contributed by atoms with Crippen molar-refractivity contribution in [3.63, 3.8) is 0 Å². The number of hydrogen-bond acceptors (Lipinski definition) is 5. The Morgan fingerprint density at radius 2 is 1.71 bits per heavy atom. The molecule has 0 bridgehead atoms. The Hall–Kier alpha value is -3.59. The van der Waals surface area contributed by atoms with Gasteiger partial charge in [0.05, 0.1) is 4.91 Å². The van der Waals surface area contributed by atoms with Crippen LogP contribution < -0.4 is 10.6 Å². The number of rotatable bonds is 9. The van der Waals surface area contributed by atoms with E-state index in [0.29, 0.717) is 11.4 Å². The average molecular weight is 481 g/mol. The fourth-order valence-corrected chi connectivity index (χ4v) is 4.11. The van der Waals surface area contributed by atoms with E-state index in [1.54, 1.807) is 13.1 Å². The Balaban J connectivity index is 1.36. The fourth-order valence-electron chi connectivity index (χ4n) is 3.25. The molecular formula is C25H28N4O4S. The quantitative estimate of drug-likeness (QED) is 0.536. The molecule has 2 aromatic carbocycles. The van der Waals surface area contributed by atoms with Crippen LogP contribution in [0.4, 0.5) is 9.59 Å². The molecule has 0 radical (unpaired) electrons. The Bertz CT molecular complexity index is 1070. The lowest BCUT2D eigenvalue weighted by Crippen LogP contribution is -2.40. The van der Waals surface area contributed by atoms with Gasteiger partial charge in [-0.25, -0.2) is 4.79 Å². The number of imide groups is 1. The highest BCUT2D eigenvalue weighted by Gasteiger charge is 2.34. The molecule has 1 fully saturated rings. The van der Waals surface area contributed by atoms with E-state index >= 15 is 0 Å². The van der Waals surface area contributed by atoms with Gasteiger partial charge in [0.15, 0.2) is 0 Å². The van der Waals surface area contributed by atoms with E-state index in [-0.39, 0.29) is 49.1 Å². The Labute approximate surface area is 203 Å². The summed E-state index contributed by atoms with van der Waals surface area (Å²) in [6.07, 6.45) is 1.79. The van der Waals surface area contributed by atoms with Crippen LogP contribution >= 0.6 is 11.8 Å². The van der Waals surface area contributed by atoms with Crippen molar-refractivity contribution in [1.29, 1.82) is 0 Å². The van der Waals surface area contributed by atoms with Gasteiger partial charge in [-0.05, 0) is 35.9 Å². The van der Waals surface area contributed by atoms with Crippen LogP contribution in [0.15, 0.2) is 59.5 Å². The SMILES string of the molecule is Cc1ccc(/C=C2/SC(=O)N(CCNC(=O)CCNC(=O)N(C)Cc3ccccc3)C2=O)cc1. The van der Waals surface area contributed by atoms with Crippen LogP contribution in [0.1, 0.15) is 23.1 Å². The second-order valence-electron chi connectivity index (χ2n) is 7.92. The number of aryl methyl sites for hydroxylation is 1. The van der Waals surface area contributed by atoms with Gasteiger partial charge >= 0.3 is 6.03 Å². The van der Waals surface area contributed by atoms with Gasteiger partial charge in [-0.3, -0.25) is 19.3 Å². The second kappa shape index (κ2) is 12.0. The molecule has 9 heteroatoms. The molecule has 2 N–H and O–H groups in total. The number of carbonyl (C=O) groups is 4. The molecule has 34 heavy (non-hydrogen) atoms. The normalized spacial score (nSPS) is 14.4. The Morgan fingerprint density at radius 3 is 2.41 bits per heavy atom. The molecule has 5 amide bonds. The van der Waals surface area contributed by atoms with Crippen molar-refractivity contribution in [2.45, 2.75) is 19.9 Å². The predicted octanol–water partition coefficient (Wildman–Crippen LogP) is 3.38.